The Hall–Kier alpha value is -2.02. The van der Waals surface area contributed by atoms with Crippen LogP contribution in [0.1, 0.15) is 22.3 Å². The van der Waals surface area contributed by atoms with Crippen molar-refractivity contribution in [2.24, 2.45) is 0 Å². The molecule has 0 heterocycles. The topological polar surface area (TPSA) is 9.23 Å². The van der Waals surface area contributed by atoms with Gasteiger partial charge in [-0.25, -0.2) is 0 Å². The van der Waals surface area contributed by atoms with Crippen molar-refractivity contribution in [1.29, 1.82) is 0 Å². The smallest absolute Gasteiger partial charge is 0.125 e. The quantitative estimate of drug-likeness (QED) is 0.760. The number of benzene rings is 2. The fourth-order valence-corrected chi connectivity index (χ4v) is 1.93. The number of hydrogen-bond acceptors (Lipinski definition) is 1. The average molecular weight is 238 g/mol. The maximum atomic E-state index is 5.90. The molecule has 0 N–H and O–H groups in total. The lowest BCUT2D eigenvalue weighted by atomic mass is 10.1. The Morgan fingerprint density at radius 2 is 1.61 bits per heavy atom. The maximum Gasteiger partial charge on any atom is 0.125 e. The summed E-state index contributed by atoms with van der Waals surface area (Å²) in [5, 5.41) is 0. The average Bonchev–Trinajstić information content (AvgIpc) is 2.39. The van der Waals surface area contributed by atoms with Crippen molar-refractivity contribution in [2.75, 3.05) is 0 Å². The van der Waals surface area contributed by atoms with Gasteiger partial charge in [-0.2, -0.15) is 0 Å². The van der Waals surface area contributed by atoms with Gasteiger partial charge < -0.3 is 4.74 Å². The van der Waals surface area contributed by atoms with Gasteiger partial charge in [0, 0.05) is 0 Å². The Morgan fingerprint density at radius 1 is 1.00 bits per heavy atom. The summed E-state index contributed by atoms with van der Waals surface area (Å²) < 4.78 is 5.90. The molecule has 0 amide bonds. The van der Waals surface area contributed by atoms with Gasteiger partial charge in [-0.05, 0) is 36.1 Å². The monoisotopic (exact) mass is 238 g/mol. The van der Waals surface area contributed by atoms with E-state index in [4.69, 9.17) is 4.74 Å². The third-order valence-corrected chi connectivity index (χ3v) is 3.01. The van der Waals surface area contributed by atoms with Gasteiger partial charge in [-0.15, -0.1) is 0 Å². The van der Waals surface area contributed by atoms with Crippen LogP contribution in [0.15, 0.2) is 49.0 Å². The molecule has 0 aliphatic rings. The first-order valence-corrected chi connectivity index (χ1v) is 6.11. The molecule has 0 radical (unpaired) electrons. The molecule has 0 spiro atoms. The van der Waals surface area contributed by atoms with E-state index >= 15 is 0 Å². The van der Waals surface area contributed by atoms with Crippen LogP contribution in [0, 0.1) is 13.8 Å². The largest absolute Gasteiger partial charge is 0.488 e. The first-order valence-electron chi connectivity index (χ1n) is 6.11. The van der Waals surface area contributed by atoms with Crippen molar-refractivity contribution in [3.63, 3.8) is 0 Å². The fraction of sp³-hybridized carbons (Fsp3) is 0.176. The normalized spacial score (nSPS) is 10.1. The second-order valence-electron chi connectivity index (χ2n) is 4.46. The Bertz CT molecular complexity index is 518. The Labute approximate surface area is 109 Å². The van der Waals surface area contributed by atoms with Crippen LogP contribution < -0.4 is 4.74 Å². The summed E-state index contributed by atoms with van der Waals surface area (Å²) in [7, 11) is 0. The maximum absolute atomic E-state index is 5.90. The lowest BCUT2D eigenvalue weighted by Gasteiger charge is -2.12. The molecule has 0 unspecified atom stereocenters. The zero-order chi connectivity index (χ0) is 13.0. The van der Waals surface area contributed by atoms with E-state index in [1.807, 2.05) is 6.08 Å². The lowest BCUT2D eigenvalue weighted by Crippen LogP contribution is -1.98. The number of hydrogen-bond donors (Lipinski definition) is 0. The van der Waals surface area contributed by atoms with Crippen molar-refractivity contribution in [1.82, 2.24) is 0 Å². The van der Waals surface area contributed by atoms with Gasteiger partial charge in [0.15, 0.2) is 0 Å². The zero-order valence-corrected chi connectivity index (χ0v) is 10.9. The molecule has 0 atom stereocenters. The molecule has 2 aromatic carbocycles. The highest BCUT2D eigenvalue weighted by atomic mass is 16.5. The predicted molar refractivity (Wildman–Crippen MR) is 76.8 cm³/mol. The second-order valence-corrected chi connectivity index (χ2v) is 4.46. The third kappa shape index (κ3) is 2.80. The highest BCUT2D eigenvalue weighted by Gasteiger charge is 2.03. The summed E-state index contributed by atoms with van der Waals surface area (Å²) >= 11 is 0. The van der Waals surface area contributed by atoms with E-state index in [1.165, 1.54) is 16.7 Å². The van der Waals surface area contributed by atoms with Crippen LogP contribution in [0.2, 0.25) is 0 Å². The minimum atomic E-state index is 0.600. The fourth-order valence-electron chi connectivity index (χ4n) is 1.93. The number of rotatable bonds is 4. The van der Waals surface area contributed by atoms with E-state index in [9.17, 15) is 0 Å². The van der Waals surface area contributed by atoms with Crippen LogP contribution in [0.5, 0.6) is 5.75 Å². The predicted octanol–water partition coefficient (Wildman–Crippen LogP) is 4.53. The van der Waals surface area contributed by atoms with E-state index in [0.29, 0.717) is 6.61 Å². The molecular weight excluding hydrogens is 220 g/mol. The minimum absolute atomic E-state index is 0.600. The van der Waals surface area contributed by atoms with Crippen LogP contribution >= 0.6 is 0 Å². The van der Waals surface area contributed by atoms with Crippen molar-refractivity contribution in [2.45, 2.75) is 20.5 Å². The van der Waals surface area contributed by atoms with Gasteiger partial charge in [-0.1, -0.05) is 55.1 Å². The van der Waals surface area contributed by atoms with Crippen LogP contribution in [-0.2, 0) is 6.61 Å². The van der Waals surface area contributed by atoms with E-state index in [2.05, 4.69) is 62.9 Å². The zero-order valence-electron chi connectivity index (χ0n) is 10.9. The second kappa shape index (κ2) is 5.54. The first-order chi connectivity index (χ1) is 8.70. The molecule has 0 saturated carbocycles. The number of ether oxygens (including phenoxy) is 1. The number of para-hydroxylation sites is 1. The molecule has 0 saturated heterocycles. The lowest BCUT2D eigenvalue weighted by molar-refractivity contribution is 0.302. The Balaban J connectivity index is 2.09. The molecule has 2 aromatic rings. The summed E-state index contributed by atoms with van der Waals surface area (Å²) in [5.74, 6) is 0.991. The molecule has 0 fully saturated rings. The van der Waals surface area contributed by atoms with Gasteiger partial charge in [-0.3, -0.25) is 0 Å². The van der Waals surface area contributed by atoms with Gasteiger partial charge in [0.05, 0.1) is 0 Å². The van der Waals surface area contributed by atoms with Crippen molar-refractivity contribution in [3.8, 4) is 5.75 Å². The molecule has 0 bridgehead atoms. The Kier molecular flexibility index (Phi) is 3.83. The molecule has 18 heavy (non-hydrogen) atoms. The molecule has 0 aliphatic heterocycles. The Morgan fingerprint density at radius 3 is 2.17 bits per heavy atom. The molecule has 1 nitrogen and oxygen atoms in total. The molecule has 0 aliphatic carbocycles. The summed E-state index contributed by atoms with van der Waals surface area (Å²) in [6.07, 6.45) is 1.84. The standard InChI is InChI=1S/C17H18O/c1-4-15-8-10-16(11-9-15)12-18-17-13(2)6-5-7-14(17)3/h4-11H,1,12H2,2-3H3. The molecule has 2 rings (SSSR count). The highest BCUT2D eigenvalue weighted by Crippen LogP contribution is 2.23. The molecular formula is C17H18O. The summed E-state index contributed by atoms with van der Waals surface area (Å²) in [6, 6.07) is 14.4. The first kappa shape index (κ1) is 12.4. The van der Waals surface area contributed by atoms with E-state index in [-0.39, 0.29) is 0 Å². The van der Waals surface area contributed by atoms with Gasteiger partial charge in [0.25, 0.3) is 0 Å². The summed E-state index contributed by atoms with van der Waals surface area (Å²) in [5.41, 5.74) is 4.66. The van der Waals surface area contributed by atoms with Crippen LogP contribution in [0.3, 0.4) is 0 Å². The van der Waals surface area contributed by atoms with Gasteiger partial charge in [0.1, 0.15) is 12.4 Å². The third-order valence-electron chi connectivity index (χ3n) is 3.01. The molecule has 92 valence electrons. The van der Waals surface area contributed by atoms with Crippen molar-refractivity contribution >= 4 is 6.08 Å². The van der Waals surface area contributed by atoms with E-state index in [0.717, 1.165) is 11.3 Å². The van der Waals surface area contributed by atoms with Crippen LogP contribution in [-0.4, -0.2) is 0 Å². The summed E-state index contributed by atoms with van der Waals surface area (Å²) in [6.45, 7) is 8.49. The van der Waals surface area contributed by atoms with Crippen LogP contribution in [0.25, 0.3) is 6.08 Å². The van der Waals surface area contributed by atoms with Crippen LogP contribution in [0.4, 0.5) is 0 Å². The van der Waals surface area contributed by atoms with Gasteiger partial charge >= 0.3 is 0 Å². The summed E-state index contributed by atoms with van der Waals surface area (Å²) in [4.78, 5) is 0. The van der Waals surface area contributed by atoms with E-state index in [1.54, 1.807) is 0 Å². The van der Waals surface area contributed by atoms with E-state index < -0.39 is 0 Å². The minimum Gasteiger partial charge on any atom is -0.488 e. The number of aryl methyl sites for hydroxylation is 2. The van der Waals surface area contributed by atoms with Crippen molar-refractivity contribution < 1.29 is 4.74 Å². The SMILES string of the molecule is C=Cc1ccc(COc2c(C)cccc2C)cc1. The highest BCUT2D eigenvalue weighted by molar-refractivity contribution is 5.47. The molecule has 0 aromatic heterocycles. The van der Waals surface area contributed by atoms with Gasteiger partial charge in [0.2, 0.25) is 0 Å². The molecule has 1 heteroatoms. The van der Waals surface area contributed by atoms with Crippen molar-refractivity contribution in [3.05, 3.63) is 71.3 Å².